The SMILES string of the molecule is COn1cc(CNCCN)cn1. The van der Waals surface area contributed by atoms with Crippen LogP contribution < -0.4 is 15.9 Å². The molecule has 0 aliphatic heterocycles. The largest absolute Gasteiger partial charge is 0.400 e. The molecule has 1 aromatic rings. The Balaban J connectivity index is 2.31. The Kier molecular flexibility index (Phi) is 3.56. The van der Waals surface area contributed by atoms with Crippen molar-refractivity contribution in [3.8, 4) is 0 Å². The summed E-state index contributed by atoms with van der Waals surface area (Å²) >= 11 is 0. The fourth-order valence-electron chi connectivity index (χ4n) is 0.866. The number of aromatic nitrogens is 2. The third-order valence-electron chi connectivity index (χ3n) is 1.45. The maximum Gasteiger partial charge on any atom is 0.106 e. The monoisotopic (exact) mass is 170 g/mol. The van der Waals surface area contributed by atoms with Gasteiger partial charge in [0.25, 0.3) is 0 Å². The van der Waals surface area contributed by atoms with Crippen LogP contribution in [0.4, 0.5) is 0 Å². The highest BCUT2D eigenvalue weighted by Crippen LogP contribution is 1.94. The van der Waals surface area contributed by atoms with E-state index < -0.39 is 0 Å². The zero-order valence-corrected chi connectivity index (χ0v) is 7.16. The summed E-state index contributed by atoms with van der Waals surface area (Å²) in [5.41, 5.74) is 6.40. The molecule has 0 saturated heterocycles. The van der Waals surface area contributed by atoms with Crippen LogP contribution in [-0.2, 0) is 6.54 Å². The summed E-state index contributed by atoms with van der Waals surface area (Å²) in [5.74, 6) is 0. The topological polar surface area (TPSA) is 65.1 Å². The van der Waals surface area contributed by atoms with Gasteiger partial charge in [-0.3, -0.25) is 0 Å². The van der Waals surface area contributed by atoms with Crippen LogP contribution in [0.5, 0.6) is 0 Å². The smallest absolute Gasteiger partial charge is 0.106 e. The van der Waals surface area contributed by atoms with E-state index in [0.717, 1.165) is 18.7 Å². The molecule has 1 rings (SSSR count). The highest BCUT2D eigenvalue weighted by Gasteiger charge is 1.95. The lowest BCUT2D eigenvalue weighted by Crippen LogP contribution is -2.21. The van der Waals surface area contributed by atoms with Gasteiger partial charge in [-0.25, -0.2) is 0 Å². The molecule has 12 heavy (non-hydrogen) atoms. The van der Waals surface area contributed by atoms with E-state index in [1.807, 2.05) is 6.20 Å². The second-order valence-corrected chi connectivity index (χ2v) is 2.40. The maximum absolute atomic E-state index is 5.32. The van der Waals surface area contributed by atoms with Crippen LogP contribution in [-0.4, -0.2) is 30.1 Å². The Labute approximate surface area is 71.5 Å². The van der Waals surface area contributed by atoms with Crippen molar-refractivity contribution in [2.45, 2.75) is 6.54 Å². The van der Waals surface area contributed by atoms with Crippen LogP contribution in [0.25, 0.3) is 0 Å². The van der Waals surface area contributed by atoms with E-state index in [2.05, 4.69) is 10.4 Å². The Morgan fingerprint density at radius 2 is 2.58 bits per heavy atom. The normalized spacial score (nSPS) is 10.2. The van der Waals surface area contributed by atoms with E-state index in [1.54, 1.807) is 13.3 Å². The first-order chi connectivity index (χ1) is 5.86. The van der Waals surface area contributed by atoms with Crippen LogP contribution in [0.2, 0.25) is 0 Å². The third-order valence-corrected chi connectivity index (χ3v) is 1.45. The molecule has 0 bridgehead atoms. The van der Waals surface area contributed by atoms with Crippen LogP contribution in [0, 0.1) is 0 Å². The number of rotatable bonds is 5. The molecule has 0 saturated carbocycles. The molecule has 0 aliphatic carbocycles. The second kappa shape index (κ2) is 4.74. The first kappa shape index (κ1) is 9.02. The van der Waals surface area contributed by atoms with Crippen molar-refractivity contribution in [3.05, 3.63) is 18.0 Å². The summed E-state index contributed by atoms with van der Waals surface area (Å²) in [6, 6.07) is 0. The summed E-state index contributed by atoms with van der Waals surface area (Å²) in [6.45, 7) is 2.25. The molecule has 0 aromatic carbocycles. The molecule has 68 valence electrons. The molecule has 3 N–H and O–H groups in total. The van der Waals surface area contributed by atoms with Crippen LogP contribution in [0.15, 0.2) is 12.4 Å². The lowest BCUT2D eigenvalue weighted by molar-refractivity contribution is 0.134. The minimum atomic E-state index is 0.651. The molecule has 0 atom stereocenters. The molecule has 0 unspecified atom stereocenters. The van der Waals surface area contributed by atoms with E-state index in [9.17, 15) is 0 Å². The molecular weight excluding hydrogens is 156 g/mol. The summed E-state index contributed by atoms with van der Waals surface area (Å²) in [5, 5.41) is 7.09. The summed E-state index contributed by atoms with van der Waals surface area (Å²) in [6.07, 6.45) is 3.58. The zero-order chi connectivity index (χ0) is 8.81. The predicted octanol–water partition coefficient (Wildman–Crippen LogP) is -1.01. The number of nitrogens with one attached hydrogen (secondary N) is 1. The Hall–Kier alpha value is -1.07. The highest BCUT2D eigenvalue weighted by molar-refractivity contribution is 5.02. The number of nitrogens with zero attached hydrogens (tertiary/aromatic N) is 2. The Bertz CT molecular complexity index is 223. The van der Waals surface area contributed by atoms with Crippen molar-refractivity contribution in [1.29, 1.82) is 0 Å². The molecule has 0 spiro atoms. The molecule has 5 heteroatoms. The summed E-state index contributed by atoms with van der Waals surface area (Å²) < 4.78 is 0. The van der Waals surface area contributed by atoms with Crippen molar-refractivity contribution < 1.29 is 4.84 Å². The molecule has 0 amide bonds. The van der Waals surface area contributed by atoms with Gasteiger partial charge in [0.05, 0.1) is 12.4 Å². The lowest BCUT2D eigenvalue weighted by Gasteiger charge is -1.98. The van der Waals surface area contributed by atoms with E-state index in [4.69, 9.17) is 10.6 Å². The van der Waals surface area contributed by atoms with Gasteiger partial charge in [-0.05, 0) is 0 Å². The fraction of sp³-hybridized carbons (Fsp3) is 0.571. The van der Waals surface area contributed by atoms with Gasteiger partial charge in [0.2, 0.25) is 0 Å². The van der Waals surface area contributed by atoms with E-state index in [1.165, 1.54) is 4.85 Å². The average Bonchev–Trinajstić information content (AvgIpc) is 2.53. The van der Waals surface area contributed by atoms with Crippen molar-refractivity contribution in [2.75, 3.05) is 20.2 Å². The van der Waals surface area contributed by atoms with Crippen LogP contribution in [0.1, 0.15) is 5.56 Å². The highest BCUT2D eigenvalue weighted by atomic mass is 16.7. The predicted molar refractivity (Wildman–Crippen MR) is 45.5 cm³/mol. The Morgan fingerprint density at radius 3 is 3.17 bits per heavy atom. The first-order valence-electron chi connectivity index (χ1n) is 3.85. The quantitative estimate of drug-likeness (QED) is 0.556. The van der Waals surface area contributed by atoms with Crippen molar-refractivity contribution >= 4 is 0 Å². The second-order valence-electron chi connectivity index (χ2n) is 2.40. The van der Waals surface area contributed by atoms with Gasteiger partial charge in [-0.2, -0.15) is 0 Å². The maximum atomic E-state index is 5.32. The van der Waals surface area contributed by atoms with E-state index in [-0.39, 0.29) is 0 Å². The lowest BCUT2D eigenvalue weighted by atomic mass is 10.3. The number of nitrogens with two attached hydrogens (primary N) is 1. The average molecular weight is 170 g/mol. The fourth-order valence-corrected chi connectivity index (χ4v) is 0.866. The molecule has 0 radical (unpaired) electrons. The Morgan fingerprint density at radius 1 is 1.75 bits per heavy atom. The van der Waals surface area contributed by atoms with Gasteiger partial charge < -0.3 is 15.9 Å². The van der Waals surface area contributed by atoms with Gasteiger partial charge in [0.1, 0.15) is 7.11 Å². The van der Waals surface area contributed by atoms with Gasteiger partial charge in [0.15, 0.2) is 0 Å². The van der Waals surface area contributed by atoms with Crippen molar-refractivity contribution in [1.82, 2.24) is 15.3 Å². The van der Waals surface area contributed by atoms with E-state index in [0.29, 0.717) is 6.54 Å². The van der Waals surface area contributed by atoms with Crippen LogP contribution >= 0.6 is 0 Å². The summed E-state index contributed by atoms with van der Waals surface area (Å²) in [4.78, 5) is 6.27. The molecule has 1 aromatic heterocycles. The van der Waals surface area contributed by atoms with Crippen molar-refractivity contribution in [2.24, 2.45) is 5.73 Å². The zero-order valence-electron chi connectivity index (χ0n) is 7.16. The van der Waals surface area contributed by atoms with Gasteiger partial charge in [-0.1, -0.05) is 0 Å². The molecule has 1 heterocycles. The first-order valence-corrected chi connectivity index (χ1v) is 3.85. The van der Waals surface area contributed by atoms with E-state index >= 15 is 0 Å². The molecule has 0 aliphatic rings. The molecule has 5 nitrogen and oxygen atoms in total. The minimum Gasteiger partial charge on any atom is -0.400 e. The van der Waals surface area contributed by atoms with Crippen LogP contribution in [0.3, 0.4) is 0 Å². The third kappa shape index (κ3) is 2.52. The summed E-state index contributed by atoms with van der Waals surface area (Å²) in [7, 11) is 1.57. The minimum absolute atomic E-state index is 0.651. The number of hydrogen-bond donors (Lipinski definition) is 2. The molecular formula is C7H14N4O. The van der Waals surface area contributed by atoms with Gasteiger partial charge in [-0.15, -0.1) is 9.94 Å². The van der Waals surface area contributed by atoms with Gasteiger partial charge >= 0.3 is 0 Å². The molecule has 0 fully saturated rings. The number of hydrogen-bond acceptors (Lipinski definition) is 4. The van der Waals surface area contributed by atoms with Crippen molar-refractivity contribution in [3.63, 3.8) is 0 Å². The standard InChI is InChI=1S/C7H14N4O/c1-12-11-6-7(5-10-11)4-9-3-2-8/h5-6,9H,2-4,8H2,1H3. The van der Waals surface area contributed by atoms with Gasteiger partial charge in [0, 0.05) is 25.2 Å².